The molecule has 0 saturated heterocycles. The molecule has 60 valence electrons. The van der Waals surface area contributed by atoms with Crippen molar-refractivity contribution in [3.05, 3.63) is 34.7 Å². The molecule has 0 bridgehead atoms. The van der Waals surface area contributed by atoms with E-state index in [2.05, 4.69) is 12.1 Å². The minimum atomic E-state index is 0.634. The maximum absolute atomic E-state index is 8.79. The van der Waals surface area contributed by atoms with Crippen molar-refractivity contribution in [3.8, 4) is 12.1 Å². The molecular weight excluding hydrogens is 180 g/mol. The molecule has 3 heteroatoms. The number of rotatable bonds is 0. The highest BCUT2D eigenvalue weighted by Gasteiger charge is 2.05. The summed E-state index contributed by atoms with van der Waals surface area (Å²) in [4.78, 5) is 0. The molecular formula is C10H4N2S. The minimum absolute atomic E-state index is 0.634. The molecule has 13 heavy (non-hydrogen) atoms. The average molecular weight is 184 g/mol. The molecule has 2 nitrogen and oxygen atoms in total. The van der Waals surface area contributed by atoms with E-state index in [-0.39, 0.29) is 0 Å². The first kappa shape index (κ1) is 7.79. The van der Waals surface area contributed by atoms with Gasteiger partial charge in [-0.2, -0.15) is 10.5 Å². The normalized spacial score (nSPS) is 9.38. The van der Waals surface area contributed by atoms with Gasteiger partial charge in [0.25, 0.3) is 0 Å². The summed E-state index contributed by atoms with van der Waals surface area (Å²) in [6.07, 6.45) is 0. The van der Waals surface area contributed by atoms with Crippen LogP contribution >= 0.6 is 11.3 Å². The van der Waals surface area contributed by atoms with Gasteiger partial charge >= 0.3 is 0 Å². The van der Waals surface area contributed by atoms with Gasteiger partial charge in [0.15, 0.2) is 0 Å². The van der Waals surface area contributed by atoms with E-state index in [0.29, 0.717) is 11.1 Å². The standard InChI is InChI=1S/C10H4N2S/c11-5-7-1-2-8(6-12)10-9(7)3-4-13-10/h1-4H. The van der Waals surface area contributed by atoms with E-state index < -0.39 is 0 Å². The van der Waals surface area contributed by atoms with Crippen LogP contribution < -0.4 is 0 Å². The van der Waals surface area contributed by atoms with Gasteiger partial charge in [-0.05, 0) is 23.6 Å². The third-order valence-corrected chi connectivity index (χ3v) is 2.81. The van der Waals surface area contributed by atoms with Crippen molar-refractivity contribution in [2.24, 2.45) is 0 Å². The van der Waals surface area contributed by atoms with E-state index in [1.54, 1.807) is 12.1 Å². The smallest absolute Gasteiger partial charge is 0.101 e. The molecule has 0 unspecified atom stereocenters. The highest BCUT2D eigenvalue weighted by molar-refractivity contribution is 7.17. The molecule has 1 aromatic carbocycles. The monoisotopic (exact) mass is 184 g/mol. The van der Waals surface area contributed by atoms with E-state index in [4.69, 9.17) is 10.5 Å². The molecule has 0 radical (unpaired) electrons. The first-order chi connectivity index (χ1) is 6.36. The summed E-state index contributed by atoms with van der Waals surface area (Å²) in [6.45, 7) is 0. The second-order valence-electron chi connectivity index (χ2n) is 2.55. The molecule has 1 heterocycles. The second kappa shape index (κ2) is 2.90. The van der Waals surface area contributed by atoms with E-state index in [0.717, 1.165) is 10.1 Å². The second-order valence-corrected chi connectivity index (χ2v) is 3.46. The Bertz CT molecular complexity index is 492. The molecule has 0 spiro atoms. The van der Waals surface area contributed by atoms with Crippen LogP contribution in [0.3, 0.4) is 0 Å². The fraction of sp³-hybridized carbons (Fsp3) is 0. The first-order valence-corrected chi connectivity index (χ1v) is 4.55. The predicted octanol–water partition coefficient (Wildman–Crippen LogP) is 2.64. The number of hydrogen-bond acceptors (Lipinski definition) is 3. The lowest BCUT2D eigenvalue weighted by Crippen LogP contribution is -1.78. The number of hydrogen-bond donors (Lipinski definition) is 0. The van der Waals surface area contributed by atoms with Crippen LogP contribution in [0, 0.1) is 22.7 Å². The third-order valence-electron chi connectivity index (χ3n) is 1.86. The molecule has 1 aromatic heterocycles. The number of nitriles is 2. The van der Waals surface area contributed by atoms with Crippen LogP contribution in [-0.2, 0) is 0 Å². The fourth-order valence-electron chi connectivity index (χ4n) is 1.25. The van der Waals surface area contributed by atoms with Crippen molar-refractivity contribution in [3.63, 3.8) is 0 Å². The van der Waals surface area contributed by atoms with Crippen molar-refractivity contribution >= 4 is 21.4 Å². The maximum atomic E-state index is 8.79. The molecule has 0 N–H and O–H groups in total. The first-order valence-electron chi connectivity index (χ1n) is 3.67. The Balaban J connectivity index is 2.93. The fourth-order valence-corrected chi connectivity index (χ4v) is 2.13. The Labute approximate surface area is 79.3 Å². The molecule has 0 aliphatic heterocycles. The summed E-state index contributed by atoms with van der Waals surface area (Å²) < 4.78 is 0.904. The Morgan fingerprint density at radius 2 is 1.69 bits per heavy atom. The quantitative estimate of drug-likeness (QED) is 0.631. The number of thiophene rings is 1. The summed E-state index contributed by atoms with van der Waals surface area (Å²) >= 11 is 1.49. The number of benzene rings is 1. The van der Waals surface area contributed by atoms with Crippen LogP contribution in [0.25, 0.3) is 10.1 Å². The molecule has 2 aromatic rings. The van der Waals surface area contributed by atoms with Gasteiger partial charge in [0.05, 0.1) is 21.9 Å². The van der Waals surface area contributed by atoms with Gasteiger partial charge in [-0.25, -0.2) is 0 Å². The molecule has 0 amide bonds. The Hall–Kier alpha value is -1.84. The van der Waals surface area contributed by atoms with Crippen molar-refractivity contribution in [2.75, 3.05) is 0 Å². The Kier molecular flexibility index (Phi) is 1.73. The van der Waals surface area contributed by atoms with Crippen LogP contribution in [0.4, 0.5) is 0 Å². The average Bonchev–Trinajstić information content (AvgIpc) is 2.64. The van der Waals surface area contributed by atoms with E-state index >= 15 is 0 Å². The minimum Gasteiger partial charge on any atom is -0.192 e. The Morgan fingerprint density at radius 3 is 2.38 bits per heavy atom. The van der Waals surface area contributed by atoms with E-state index in [1.165, 1.54) is 11.3 Å². The molecule has 0 atom stereocenters. The highest BCUT2D eigenvalue weighted by Crippen LogP contribution is 2.27. The van der Waals surface area contributed by atoms with Crippen molar-refractivity contribution in [2.45, 2.75) is 0 Å². The zero-order valence-corrected chi connectivity index (χ0v) is 7.43. The molecule has 0 aliphatic carbocycles. The summed E-state index contributed by atoms with van der Waals surface area (Å²) in [6, 6.07) is 9.47. The van der Waals surface area contributed by atoms with Crippen LogP contribution in [0.15, 0.2) is 23.6 Å². The zero-order valence-electron chi connectivity index (χ0n) is 6.61. The van der Waals surface area contributed by atoms with Crippen LogP contribution in [0.1, 0.15) is 11.1 Å². The zero-order chi connectivity index (χ0) is 9.26. The van der Waals surface area contributed by atoms with Crippen molar-refractivity contribution in [1.29, 1.82) is 10.5 Å². The molecule has 2 rings (SSSR count). The van der Waals surface area contributed by atoms with Crippen LogP contribution in [0.2, 0.25) is 0 Å². The molecule has 0 aliphatic rings. The van der Waals surface area contributed by atoms with Crippen molar-refractivity contribution < 1.29 is 0 Å². The highest BCUT2D eigenvalue weighted by atomic mass is 32.1. The van der Waals surface area contributed by atoms with Crippen LogP contribution in [-0.4, -0.2) is 0 Å². The largest absolute Gasteiger partial charge is 0.192 e. The van der Waals surface area contributed by atoms with Gasteiger partial charge in [0.1, 0.15) is 6.07 Å². The maximum Gasteiger partial charge on any atom is 0.101 e. The SMILES string of the molecule is N#Cc1ccc(C#N)c2sccc12. The molecule has 0 fully saturated rings. The summed E-state index contributed by atoms with van der Waals surface area (Å²) in [5.41, 5.74) is 1.28. The van der Waals surface area contributed by atoms with Gasteiger partial charge in [0, 0.05) is 5.39 Å². The van der Waals surface area contributed by atoms with Crippen molar-refractivity contribution in [1.82, 2.24) is 0 Å². The molecule has 0 saturated carbocycles. The van der Waals surface area contributed by atoms with Gasteiger partial charge in [-0.1, -0.05) is 0 Å². The number of nitrogens with zero attached hydrogens (tertiary/aromatic N) is 2. The van der Waals surface area contributed by atoms with Gasteiger partial charge < -0.3 is 0 Å². The summed E-state index contributed by atoms with van der Waals surface area (Å²) in [5.74, 6) is 0. The number of fused-ring (bicyclic) bond motifs is 1. The van der Waals surface area contributed by atoms with Gasteiger partial charge in [-0.3, -0.25) is 0 Å². The summed E-state index contributed by atoms with van der Waals surface area (Å²) in [7, 11) is 0. The lowest BCUT2D eigenvalue weighted by Gasteiger charge is -1.94. The van der Waals surface area contributed by atoms with Gasteiger partial charge in [0.2, 0.25) is 0 Å². The lowest BCUT2D eigenvalue weighted by atomic mass is 10.1. The van der Waals surface area contributed by atoms with Gasteiger partial charge in [-0.15, -0.1) is 11.3 Å². The summed E-state index contributed by atoms with van der Waals surface area (Å²) in [5, 5.41) is 20.4. The Morgan fingerprint density at radius 1 is 1.00 bits per heavy atom. The predicted molar refractivity (Wildman–Crippen MR) is 51.3 cm³/mol. The topological polar surface area (TPSA) is 47.6 Å². The lowest BCUT2D eigenvalue weighted by molar-refractivity contribution is 1.49. The van der Waals surface area contributed by atoms with Crippen LogP contribution in [0.5, 0.6) is 0 Å². The van der Waals surface area contributed by atoms with E-state index in [9.17, 15) is 0 Å². The third kappa shape index (κ3) is 1.07. The van der Waals surface area contributed by atoms with E-state index in [1.807, 2.05) is 11.4 Å².